The summed E-state index contributed by atoms with van der Waals surface area (Å²) in [6.07, 6.45) is 1.40. The van der Waals surface area contributed by atoms with Crippen molar-refractivity contribution >= 4 is 17.4 Å². The van der Waals surface area contributed by atoms with E-state index in [9.17, 15) is 4.79 Å². The molecule has 0 aliphatic carbocycles. The Hall–Kier alpha value is -1.81. The first kappa shape index (κ1) is 12.6. The molecule has 1 aromatic heterocycles. The molecular formula is C13H12ClNO3. The number of rotatable bonds is 3. The van der Waals surface area contributed by atoms with Crippen LogP contribution in [0.4, 0.5) is 0 Å². The molecule has 1 aromatic carbocycles. The molecule has 0 saturated heterocycles. The smallest absolute Gasteiger partial charge is 0.181 e. The van der Waals surface area contributed by atoms with E-state index in [1.807, 2.05) is 6.92 Å². The number of aryl methyl sites for hydroxylation is 1. The fraction of sp³-hybridized carbons (Fsp3) is 0.231. The lowest BCUT2D eigenvalue weighted by Crippen LogP contribution is -1.96. The molecule has 5 heteroatoms. The van der Waals surface area contributed by atoms with Crippen molar-refractivity contribution in [3.63, 3.8) is 0 Å². The minimum absolute atomic E-state index is 0.120. The zero-order chi connectivity index (χ0) is 13.3. The van der Waals surface area contributed by atoms with Crippen LogP contribution in [0.1, 0.15) is 22.8 Å². The maximum Gasteiger partial charge on any atom is 0.181 e. The average Bonchev–Trinajstić information content (AvgIpc) is 2.76. The number of aromatic nitrogens is 1. The topological polar surface area (TPSA) is 52.3 Å². The fourth-order valence-electron chi connectivity index (χ4n) is 1.85. The second kappa shape index (κ2) is 4.82. The van der Waals surface area contributed by atoms with Gasteiger partial charge in [0.1, 0.15) is 5.75 Å². The molecule has 0 fully saturated rings. The molecule has 0 saturated carbocycles. The van der Waals surface area contributed by atoms with Gasteiger partial charge in [0.25, 0.3) is 0 Å². The van der Waals surface area contributed by atoms with Gasteiger partial charge in [-0.2, -0.15) is 0 Å². The van der Waals surface area contributed by atoms with Crippen molar-refractivity contribution in [2.24, 2.45) is 0 Å². The van der Waals surface area contributed by atoms with Crippen LogP contribution in [0, 0.1) is 6.92 Å². The highest BCUT2D eigenvalue weighted by Gasteiger charge is 2.20. The van der Waals surface area contributed by atoms with Crippen molar-refractivity contribution in [2.45, 2.75) is 13.8 Å². The van der Waals surface area contributed by atoms with Crippen LogP contribution in [0.3, 0.4) is 0 Å². The number of ketones is 1. The summed E-state index contributed by atoms with van der Waals surface area (Å²) in [5.41, 5.74) is 1.91. The molecule has 4 nitrogen and oxygen atoms in total. The number of benzene rings is 1. The maximum atomic E-state index is 11.5. The van der Waals surface area contributed by atoms with Crippen LogP contribution in [0.5, 0.6) is 5.75 Å². The summed E-state index contributed by atoms with van der Waals surface area (Å²) in [6, 6.07) is 3.48. The monoisotopic (exact) mass is 265 g/mol. The van der Waals surface area contributed by atoms with Gasteiger partial charge < -0.3 is 9.26 Å². The molecule has 0 aliphatic rings. The number of halogens is 1. The van der Waals surface area contributed by atoms with Gasteiger partial charge in [-0.3, -0.25) is 4.79 Å². The zero-order valence-electron chi connectivity index (χ0n) is 10.3. The number of hydrogen-bond donors (Lipinski definition) is 0. The Kier molecular flexibility index (Phi) is 3.39. The SMILES string of the molecule is COc1c(C)cc(Cl)cc1-c1oncc1C(C)=O. The first-order chi connectivity index (χ1) is 8.54. The first-order valence-corrected chi connectivity index (χ1v) is 5.72. The van der Waals surface area contributed by atoms with Crippen molar-refractivity contribution < 1.29 is 14.1 Å². The number of carbonyl (C=O) groups is 1. The van der Waals surface area contributed by atoms with E-state index in [1.54, 1.807) is 19.2 Å². The van der Waals surface area contributed by atoms with Crippen molar-refractivity contribution in [2.75, 3.05) is 7.11 Å². The number of methoxy groups -OCH3 is 1. The van der Waals surface area contributed by atoms with E-state index in [4.69, 9.17) is 20.9 Å². The van der Waals surface area contributed by atoms with Crippen LogP contribution < -0.4 is 4.74 Å². The molecular weight excluding hydrogens is 254 g/mol. The Balaban J connectivity index is 2.70. The maximum absolute atomic E-state index is 11.5. The standard InChI is InChI=1S/C13H12ClNO3/c1-7-4-9(14)5-10(12(7)17-3)13-11(8(2)16)6-15-18-13/h4-6H,1-3H3. The molecule has 0 atom stereocenters. The Morgan fingerprint density at radius 1 is 1.44 bits per heavy atom. The molecule has 18 heavy (non-hydrogen) atoms. The molecule has 94 valence electrons. The van der Waals surface area contributed by atoms with E-state index in [0.29, 0.717) is 27.7 Å². The lowest BCUT2D eigenvalue weighted by molar-refractivity contribution is 0.101. The van der Waals surface area contributed by atoms with Gasteiger partial charge in [0.05, 0.1) is 24.4 Å². The lowest BCUT2D eigenvalue weighted by atomic mass is 10.0. The van der Waals surface area contributed by atoms with Gasteiger partial charge in [-0.05, 0) is 31.5 Å². The fourth-order valence-corrected chi connectivity index (χ4v) is 2.13. The van der Waals surface area contributed by atoms with E-state index in [2.05, 4.69) is 5.16 Å². The average molecular weight is 266 g/mol. The van der Waals surface area contributed by atoms with Crippen LogP contribution >= 0.6 is 11.6 Å². The van der Waals surface area contributed by atoms with E-state index in [-0.39, 0.29) is 5.78 Å². The minimum atomic E-state index is -0.120. The highest BCUT2D eigenvalue weighted by Crippen LogP contribution is 2.37. The van der Waals surface area contributed by atoms with Crippen molar-refractivity contribution in [1.82, 2.24) is 5.16 Å². The van der Waals surface area contributed by atoms with Crippen molar-refractivity contribution in [3.8, 4) is 17.1 Å². The van der Waals surface area contributed by atoms with Gasteiger partial charge in [-0.25, -0.2) is 0 Å². The molecule has 2 aromatic rings. The van der Waals surface area contributed by atoms with Crippen LogP contribution in [0.25, 0.3) is 11.3 Å². The third kappa shape index (κ3) is 2.11. The third-order valence-corrected chi connectivity index (χ3v) is 2.86. The summed E-state index contributed by atoms with van der Waals surface area (Å²) in [7, 11) is 1.56. The zero-order valence-corrected chi connectivity index (χ0v) is 11.0. The highest BCUT2D eigenvalue weighted by atomic mass is 35.5. The van der Waals surface area contributed by atoms with Crippen LogP contribution in [-0.4, -0.2) is 18.0 Å². The summed E-state index contributed by atoms with van der Waals surface area (Å²) in [5, 5.41) is 4.21. The van der Waals surface area contributed by atoms with Crippen LogP contribution in [0.2, 0.25) is 5.02 Å². The van der Waals surface area contributed by atoms with Crippen molar-refractivity contribution in [1.29, 1.82) is 0 Å². The predicted molar refractivity (Wildman–Crippen MR) is 68.2 cm³/mol. The van der Waals surface area contributed by atoms with E-state index in [1.165, 1.54) is 13.1 Å². The molecule has 0 N–H and O–H groups in total. The largest absolute Gasteiger partial charge is 0.496 e. The molecule has 0 unspecified atom stereocenters. The Bertz CT molecular complexity index is 604. The summed E-state index contributed by atoms with van der Waals surface area (Å²) >= 11 is 6.03. The summed E-state index contributed by atoms with van der Waals surface area (Å²) in [4.78, 5) is 11.5. The first-order valence-electron chi connectivity index (χ1n) is 5.34. The minimum Gasteiger partial charge on any atom is -0.496 e. The van der Waals surface area contributed by atoms with E-state index in [0.717, 1.165) is 5.56 Å². The van der Waals surface area contributed by atoms with Gasteiger partial charge >= 0.3 is 0 Å². The van der Waals surface area contributed by atoms with E-state index >= 15 is 0 Å². The second-order valence-corrected chi connectivity index (χ2v) is 4.36. The Labute approximate surface area is 109 Å². The Morgan fingerprint density at radius 2 is 2.17 bits per heavy atom. The predicted octanol–water partition coefficient (Wildman–Crippen LogP) is 3.51. The van der Waals surface area contributed by atoms with Gasteiger partial charge in [0.2, 0.25) is 0 Å². The number of Topliss-reactive ketones (excluding diaryl/α,β-unsaturated/α-hetero) is 1. The number of ether oxygens (including phenoxy) is 1. The Morgan fingerprint density at radius 3 is 2.78 bits per heavy atom. The molecule has 0 spiro atoms. The molecule has 2 rings (SSSR count). The summed E-state index contributed by atoms with van der Waals surface area (Å²) in [5.74, 6) is 0.884. The van der Waals surface area contributed by atoms with Crippen LogP contribution in [0.15, 0.2) is 22.9 Å². The van der Waals surface area contributed by atoms with E-state index < -0.39 is 0 Å². The van der Waals surface area contributed by atoms with Gasteiger partial charge in [0.15, 0.2) is 11.5 Å². The molecule has 0 bridgehead atoms. The number of nitrogens with zero attached hydrogens (tertiary/aromatic N) is 1. The van der Waals surface area contributed by atoms with Crippen LogP contribution in [-0.2, 0) is 0 Å². The quantitative estimate of drug-likeness (QED) is 0.797. The molecule has 0 amide bonds. The van der Waals surface area contributed by atoms with Gasteiger partial charge in [-0.1, -0.05) is 16.8 Å². The van der Waals surface area contributed by atoms with Crippen molar-refractivity contribution in [3.05, 3.63) is 34.5 Å². The second-order valence-electron chi connectivity index (χ2n) is 3.93. The normalized spacial score (nSPS) is 10.4. The molecule has 0 aliphatic heterocycles. The van der Waals surface area contributed by atoms with Gasteiger partial charge in [-0.15, -0.1) is 0 Å². The molecule has 1 heterocycles. The summed E-state index contributed by atoms with van der Waals surface area (Å²) in [6.45, 7) is 3.33. The third-order valence-electron chi connectivity index (χ3n) is 2.64. The van der Waals surface area contributed by atoms with Gasteiger partial charge in [0, 0.05) is 5.02 Å². The highest BCUT2D eigenvalue weighted by molar-refractivity contribution is 6.31. The lowest BCUT2D eigenvalue weighted by Gasteiger charge is -2.10. The number of carbonyl (C=O) groups excluding carboxylic acids is 1. The summed E-state index contributed by atoms with van der Waals surface area (Å²) < 4.78 is 10.5. The number of hydrogen-bond acceptors (Lipinski definition) is 4. The molecule has 0 radical (unpaired) electrons.